The molecule has 2 heterocycles. The summed E-state index contributed by atoms with van der Waals surface area (Å²) in [6.45, 7) is 6.95. The van der Waals surface area contributed by atoms with E-state index < -0.39 is 0 Å². The van der Waals surface area contributed by atoms with Crippen molar-refractivity contribution in [1.29, 1.82) is 0 Å². The summed E-state index contributed by atoms with van der Waals surface area (Å²) in [6.07, 6.45) is 1.73. The van der Waals surface area contributed by atoms with E-state index in [1.807, 2.05) is 23.7 Å². The van der Waals surface area contributed by atoms with Crippen LogP contribution in [0.2, 0.25) is 0 Å². The number of hydrogen-bond acceptors (Lipinski definition) is 3. The molecule has 2 rings (SSSR count). The van der Waals surface area contributed by atoms with Crippen molar-refractivity contribution in [3.8, 4) is 0 Å². The van der Waals surface area contributed by atoms with Gasteiger partial charge in [0.1, 0.15) is 5.82 Å². The second-order valence-corrected chi connectivity index (χ2v) is 4.04. The largest absolute Gasteiger partial charge is 0.384 e. The van der Waals surface area contributed by atoms with Gasteiger partial charge in [-0.1, -0.05) is 0 Å². The number of aryl methyl sites for hydroxylation is 1. The Morgan fingerprint density at radius 3 is 2.62 bits per heavy atom. The number of aromatic nitrogens is 3. The van der Waals surface area contributed by atoms with E-state index in [0.29, 0.717) is 5.82 Å². The van der Waals surface area contributed by atoms with Crippen LogP contribution in [0.15, 0.2) is 18.3 Å². The monoisotopic (exact) mass is 216 g/mol. The fourth-order valence-corrected chi connectivity index (χ4v) is 1.71. The highest BCUT2D eigenvalue weighted by Crippen LogP contribution is 2.13. The van der Waals surface area contributed by atoms with Crippen LogP contribution >= 0.6 is 0 Å². The lowest BCUT2D eigenvalue weighted by Gasteiger charge is -2.05. The first-order valence-corrected chi connectivity index (χ1v) is 5.29. The SMILES string of the molecule is Cc1nn(Cc2ccnc(N)c2)c(C)c1C. The van der Waals surface area contributed by atoms with E-state index in [0.717, 1.165) is 17.8 Å². The van der Waals surface area contributed by atoms with Crippen LogP contribution in [-0.2, 0) is 6.54 Å². The van der Waals surface area contributed by atoms with Crippen LogP contribution in [0.5, 0.6) is 0 Å². The number of nitrogen functional groups attached to an aromatic ring is 1. The molecule has 0 radical (unpaired) electrons. The van der Waals surface area contributed by atoms with Crippen molar-refractivity contribution < 1.29 is 0 Å². The second kappa shape index (κ2) is 3.96. The Morgan fingerprint density at radius 2 is 2.06 bits per heavy atom. The number of pyridine rings is 1. The van der Waals surface area contributed by atoms with Crippen LogP contribution < -0.4 is 5.73 Å². The molecule has 2 aromatic heterocycles. The first kappa shape index (κ1) is 10.7. The second-order valence-electron chi connectivity index (χ2n) is 4.04. The quantitative estimate of drug-likeness (QED) is 0.833. The van der Waals surface area contributed by atoms with Crippen molar-refractivity contribution in [2.45, 2.75) is 27.3 Å². The average molecular weight is 216 g/mol. The summed E-state index contributed by atoms with van der Waals surface area (Å²) in [5.41, 5.74) is 10.3. The summed E-state index contributed by atoms with van der Waals surface area (Å²) in [5.74, 6) is 0.552. The summed E-state index contributed by atoms with van der Waals surface area (Å²) in [6, 6.07) is 3.84. The van der Waals surface area contributed by atoms with Gasteiger partial charge in [0.05, 0.1) is 12.2 Å². The highest BCUT2D eigenvalue weighted by molar-refractivity contribution is 5.32. The van der Waals surface area contributed by atoms with Crippen molar-refractivity contribution in [3.63, 3.8) is 0 Å². The summed E-state index contributed by atoms with van der Waals surface area (Å²) in [4.78, 5) is 3.97. The minimum Gasteiger partial charge on any atom is -0.384 e. The third-order valence-electron chi connectivity index (χ3n) is 2.92. The molecule has 0 spiro atoms. The molecule has 84 valence electrons. The first-order chi connectivity index (χ1) is 7.58. The van der Waals surface area contributed by atoms with Gasteiger partial charge in [0.15, 0.2) is 0 Å². The summed E-state index contributed by atoms with van der Waals surface area (Å²) in [7, 11) is 0. The molecule has 2 aromatic rings. The van der Waals surface area contributed by atoms with Gasteiger partial charge in [-0.25, -0.2) is 4.98 Å². The normalized spacial score (nSPS) is 10.7. The Balaban J connectivity index is 2.30. The molecular formula is C12H16N4. The van der Waals surface area contributed by atoms with Crippen molar-refractivity contribution in [1.82, 2.24) is 14.8 Å². The molecule has 2 N–H and O–H groups in total. The van der Waals surface area contributed by atoms with E-state index in [2.05, 4.69) is 23.9 Å². The van der Waals surface area contributed by atoms with Crippen molar-refractivity contribution in [3.05, 3.63) is 40.8 Å². The van der Waals surface area contributed by atoms with Gasteiger partial charge in [-0.3, -0.25) is 4.68 Å². The van der Waals surface area contributed by atoms with Crippen LogP contribution in [-0.4, -0.2) is 14.8 Å². The Morgan fingerprint density at radius 1 is 1.31 bits per heavy atom. The highest BCUT2D eigenvalue weighted by Gasteiger charge is 2.07. The third-order valence-corrected chi connectivity index (χ3v) is 2.92. The maximum Gasteiger partial charge on any atom is 0.123 e. The molecule has 0 unspecified atom stereocenters. The van der Waals surface area contributed by atoms with Crippen LogP contribution in [0.3, 0.4) is 0 Å². The summed E-state index contributed by atoms with van der Waals surface area (Å²) in [5, 5.41) is 4.49. The predicted molar refractivity (Wildman–Crippen MR) is 64.2 cm³/mol. The van der Waals surface area contributed by atoms with Crippen molar-refractivity contribution in [2.24, 2.45) is 0 Å². The molecule has 4 heteroatoms. The fraction of sp³-hybridized carbons (Fsp3) is 0.333. The molecule has 0 aliphatic heterocycles. The minimum atomic E-state index is 0.552. The molecule has 0 saturated carbocycles. The number of hydrogen-bond donors (Lipinski definition) is 1. The Kier molecular flexibility index (Phi) is 2.64. The predicted octanol–water partition coefficient (Wildman–Crippen LogP) is 1.83. The standard InChI is InChI=1S/C12H16N4/c1-8-9(2)15-16(10(8)3)7-11-4-5-14-12(13)6-11/h4-6H,7H2,1-3H3,(H2,13,14). The van der Waals surface area contributed by atoms with E-state index in [4.69, 9.17) is 5.73 Å². The zero-order valence-corrected chi connectivity index (χ0v) is 9.86. The first-order valence-electron chi connectivity index (χ1n) is 5.29. The van der Waals surface area contributed by atoms with Gasteiger partial charge in [-0.2, -0.15) is 5.10 Å². The molecular weight excluding hydrogens is 200 g/mol. The number of nitrogens with two attached hydrogens (primary N) is 1. The maximum absolute atomic E-state index is 5.64. The highest BCUT2D eigenvalue weighted by atomic mass is 15.3. The molecule has 0 amide bonds. The van der Waals surface area contributed by atoms with E-state index in [-0.39, 0.29) is 0 Å². The van der Waals surface area contributed by atoms with E-state index in [1.54, 1.807) is 6.20 Å². The number of nitrogens with zero attached hydrogens (tertiary/aromatic N) is 3. The van der Waals surface area contributed by atoms with Gasteiger partial charge in [-0.15, -0.1) is 0 Å². The molecule has 4 nitrogen and oxygen atoms in total. The Hall–Kier alpha value is -1.84. The van der Waals surface area contributed by atoms with Crippen molar-refractivity contribution in [2.75, 3.05) is 5.73 Å². The van der Waals surface area contributed by atoms with Crippen LogP contribution in [0, 0.1) is 20.8 Å². The van der Waals surface area contributed by atoms with E-state index in [1.165, 1.54) is 11.3 Å². The zero-order valence-electron chi connectivity index (χ0n) is 9.86. The number of anilines is 1. The molecule has 0 aliphatic rings. The van der Waals surface area contributed by atoms with Gasteiger partial charge in [0.2, 0.25) is 0 Å². The van der Waals surface area contributed by atoms with Gasteiger partial charge < -0.3 is 5.73 Å². The lowest BCUT2D eigenvalue weighted by molar-refractivity contribution is 0.658. The third kappa shape index (κ3) is 1.91. The molecule has 0 saturated heterocycles. The smallest absolute Gasteiger partial charge is 0.123 e. The molecule has 0 aliphatic carbocycles. The molecule has 0 aromatic carbocycles. The zero-order chi connectivity index (χ0) is 11.7. The van der Waals surface area contributed by atoms with Gasteiger partial charge >= 0.3 is 0 Å². The number of rotatable bonds is 2. The molecule has 0 fully saturated rings. The molecule has 16 heavy (non-hydrogen) atoms. The van der Waals surface area contributed by atoms with Crippen LogP contribution in [0.25, 0.3) is 0 Å². The molecule has 0 atom stereocenters. The van der Waals surface area contributed by atoms with Gasteiger partial charge in [-0.05, 0) is 44.0 Å². The fourth-order valence-electron chi connectivity index (χ4n) is 1.71. The minimum absolute atomic E-state index is 0.552. The van der Waals surface area contributed by atoms with Gasteiger partial charge in [0.25, 0.3) is 0 Å². The topological polar surface area (TPSA) is 56.7 Å². The van der Waals surface area contributed by atoms with Crippen LogP contribution in [0.1, 0.15) is 22.5 Å². The maximum atomic E-state index is 5.64. The molecule has 0 bridgehead atoms. The van der Waals surface area contributed by atoms with E-state index in [9.17, 15) is 0 Å². The van der Waals surface area contributed by atoms with Crippen LogP contribution in [0.4, 0.5) is 5.82 Å². The summed E-state index contributed by atoms with van der Waals surface area (Å²) < 4.78 is 2.00. The van der Waals surface area contributed by atoms with E-state index >= 15 is 0 Å². The average Bonchev–Trinajstić information content (AvgIpc) is 2.47. The van der Waals surface area contributed by atoms with Gasteiger partial charge in [0, 0.05) is 11.9 Å². The Bertz CT molecular complexity index is 514. The lowest BCUT2D eigenvalue weighted by Crippen LogP contribution is -2.05. The lowest BCUT2D eigenvalue weighted by atomic mass is 10.2. The van der Waals surface area contributed by atoms with Crippen molar-refractivity contribution >= 4 is 5.82 Å². The Labute approximate surface area is 95.1 Å². The summed E-state index contributed by atoms with van der Waals surface area (Å²) >= 11 is 0.